The smallest absolute Gasteiger partial charge is 0.162 e. The molecule has 0 bridgehead atoms. The number of para-hydroxylation sites is 1. The first-order valence-electron chi connectivity index (χ1n) is 6.80. The Morgan fingerprint density at radius 1 is 1.35 bits per heavy atom. The first-order valence-corrected chi connectivity index (χ1v) is 6.80. The van der Waals surface area contributed by atoms with Gasteiger partial charge in [-0.1, -0.05) is 12.1 Å². The molecule has 0 fully saturated rings. The van der Waals surface area contributed by atoms with E-state index in [1.54, 1.807) is 12.4 Å². The van der Waals surface area contributed by atoms with Gasteiger partial charge in [0, 0.05) is 25.2 Å². The lowest BCUT2D eigenvalue weighted by Gasteiger charge is -2.27. The molecule has 6 heteroatoms. The highest BCUT2D eigenvalue weighted by Gasteiger charge is 2.19. The van der Waals surface area contributed by atoms with Crippen LogP contribution in [0.5, 0.6) is 11.5 Å². The van der Waals surface area contributed by atoms with Crippen LogP contribution < -0.4 is 4.74 Å². The van der Waals surface area contributed by atoms with Crippen LogP contribution >= 0.6 is 0 Å². The van der Waals surface area contributed by atoms with E-state index in [2.05, 4.69) is 19.7 Å². The minimum atomic E-state index is 0.237. The SMILES string of the molecule is CCOc1cccc(CN2CCn3cnnc3C2)c1O. The summed E-state index contributed by atoms with van der Waals surface area (Å²) in [6.07, 6.45) is 1.76. The van der Waals surface area contributed by atoms with Crippen LogP contribution in [0, 0.1) is 0 Å². The molecule has 106 valence electrons. The van der Waals surface area contributed by atoms with Crippen molar-refractivity contribution in [3.05, 3.63) is 35.9 Å². The molecular weight excluding hydrogens is 256 g/mol. The van der Waals surface area contributed by atoms with Gasteiger partial charge >= 0.3 is 0 Å². The number of nitrogens with zero attached hydrogens (tertiary/aromatic N) is 4. The normalized spacial score (nSPS) is 15.1. The highest BCUT2D eigenvalue weighted by molar-refractivity contribution is 5.45. The fourth-order valence-corrected chi connectivity index (χ4v) is 2.46. The third-order valence-corrected chi connectivity index (χ3v) is 3.49. The summed E-state index contributed by atoms with van der Waals surface area (Å²) in [7, 11) is 0. The van der Waals surface area contributed by atoms with Gasteiger partial charge in [0.05, 0.1) is 13.2 Å². The number of phenols is 1. The van der Waals surface area contributed by atoms with Crippen molar-refractivity contribution in [1.29, 1.82) is 0 Å². The van der Waals surface area contributed by atoms with E-state index in [0.717, 1.165) is 31.0 Å². The second-order valence-corrected chi connectivity index (χ2v) is 4.85. The number of aromatic nitrogens is 3. The summed E-state index contributed by atoms with van der Waals surface area (Å²) in [6, 6.07) is 5.62. The van der Waals surface area contributed by atoms with Crippen LogP contribution in [0.1, 0.15) is 18.3 Å². The number of fused-ring (bicyclic) bond motifs is 1. The largest absolute Gasteiger partial charge is 0.504 e. The van der Waals surface area contributed by atoms with Crippen LogP contribution in [0.3, 0.4) is 0 Å². The van der Waals surface area contributed by atoms with Crippen LogP contribution in [0.25, 0.3) is 0 Å². The van der Waals surface area contributed by atoms with Crippen molar-refractivity contribution in [1.82, 2.24) is 19.7 Å². The Morgan fingerprint density at radius 3 is 3.10 bits per heavy atom. The molecule has 2 aromatic rings. The first kappa shape index (κ1) is 12.9. The average molecular weight is 274 g/mol. The molecule has 2 heterocycles. The standard InChI is InChI=1S/C14H18N4O2/c1-2-20-12-5-3-4-11(14(12)19)8-17-6-7-18-10-15-16-13(18)9-17/h3-5,10,19H,2,6-9H2,1H3. The monoisotopic (exact) mass is 274 g/mol. The summed E-state index contributed by atoms with van der Waals surface area (Å²) >= 11 is 0. The third-order valence-electron chi connectivity index (χ3n) is 3.49. The third kappa shape index (κ3) is 2.46. The van der Waals surface area contributed by atoms with Crippen LogP contribution in [-0.4, -0.2) is 37.9 Å². The Kier molecular flexibility index (Phi) is 3.56. The summed E-state index contributed by atoms with van der Waals surface area (Å²) in [6.45, 7) is 5.68. The Hall–Kier alpha value is -2.08. The lowest BCUT2D eigenvalue weighted by Crippen LogP contribution is -2.33. The van der Waals surface area contributed by atoms with Crippen LogP contribution in [0.4, 0.5) is 0 Å². The second kappa shape index (κ2) is 5.50. The molecule has 1 aliphatic heterocycles. The molecule has 0 saturated carbocycles. The van der Waals surface area contributed by atoms with E-state index in [9.17, 15) is 5.11 Å². The number of benzene rings is 1. The molecule has 1 N–H and O–H groups in total. The predicted molar refractivity (Wildman–Crippen MR) is 73.4 cm³/mol. The van der Waals surface area contributed by atoms with Gasteiger partial charge < -0.3 is 14.4 Å². The molecule has 20 heavy (non-hydrogen) atoms. The number of hydrogen-bond acceptors (Lipinski definition) is 5. The van der Waals surface area contributed by atoms with E-state index >= 15 is 0 Å². The van der Waals surface area contributed by atoms with Crippen molar-refractivity contribution in [3.63, 3.8) is 0 Å². The highest BCUT2D eigenvalue weighted by Crippen LogP contribution is 2.31. The quantitative estimate of drug-likeness (QED) is 0.913. The number of rotatable bonds is 4. The van der Waals surface area contributed by atoms with Crippen molar-refractivity contribution in [2.45, 2.75) is 26.6 Å². The van der Waals surface area contributed by atoms with Gasteiger partial charge in [0.2, 0.25) is 0 Å². The van der Waals surface area contributed by atoms with Crippen molar-refractivity contribution in [2.75, 3.05) is 13.2 Å². The zero-order valence-corrected chi connectivity index (χ0v) is 11.5. The van der Waals surface area contributed by atoms with E-state index in [-0.39, 0.29) is 5.75 Å². The zero-order valence-electron chi connectivity index (χ0n) is 11.5. The molecule has 6 nitrogen and oxygen atoms in total. The lowest BCUT2D eigenvalue weighted by molar-refractivity contribution is 0.205. The lowest BCUT2D eigenvalue weighted by atomic mass is 10.1. The molecule has 1 aliphatic rings. The molecule has 0 atom stereocenters. The van der Waals surface area contributed by atoms with Crippen molar-refractivity contribution < 1.29 is 9.84 Å². The maximum Gasteiger partial charge on any atom is 0.162 e. The minimum Gasteiger partial charge on any atom is -0.504 e. The molecule has 3 rings (SSSR count). The van der Waals surface area contributed by atoms with Crippen LogP contribution in [-0.2, 0) is 19.6 Å². The molecule has 0 amide bonds. The van der Waals surface area contributed by atoms with Gasteiger partial charge in [-0.2, -0.15) is 0 Å². The molecular formula is C14H18N4O2. The fourth-order valence-electron chi connectivity index (χ4n) is 2.46. The molecule has 1 aromatic carbocycles. The average Bonchev–Trinajstić information content (AvgIpc) is 2.91. The summed E-state index contributed by atoms with van der Waals surface area (Å²) in [4.78, 5) is 2.24. The van der Waals surface area contributed by atoms with Gasteiger partial charge in [-0.05, 0) is 13.0 Å². The summed E-state index contributed by atoms with van der Waals surface area (Å²) < 4.78 is 7.48. The van der Waals surface area contributed by atoms with Crippen molar-refractivity contribution in [2.24, 2.45) is 0 Å². The first-order chi connectivity index (χ1) is 9.78. The Bertz CT molecular complexity index is 597. The second-order valence-electron chi connectivity index (χ2n) is 4.85. The van der Waals surface area contributed by atoms with Gasteiger partial charge in [-0.15, -0.1) is 10.2 Å². The number of hydrogen-bond donors (Lipinski definition) is 1. The van der Waals surface area contributed by atoms with Crippen LogP contribution in [0.15, 0.2) is 24.5 Å². The van der Waals surface area contributed by atoms with Gasteiger partial charge in [-0.3, -0.25) is 4.90 Å². The van der Waals surface area contributed by atoms with Crippen molar-refractivity contribution >= 4 is 0 Å². The van der Waals surface area contributed by atoms with Gasteiger partial charge in [0.15, 0.2) is 11.5 Å². The number of ether oxygens (including phenoxy) is 1. The Morgan fingerprint density at radius 2 is 2.25 bits per heavy atom. The topological polar surface area (TPSA) is 63.4 Å². The molecule has 0 saturated heterocycles. The Balaban J connectivity index is 1.74. The van der Waals surface area contributed by atoms with Gasteiger partial charge in [0.25, 0.3) is 0 Å². The van der Waals surface area contributed by atoms with Crippen molar-refractivity contribution in [3.8, 4) is 11.5 Å². The predicted octanol–water partition coefficient (Wildman–Crippen LogP) is 1.40. The number of aromatic hydroxyl groups is 1. The van der Waals surface area contributed by atoms with E-state index in [1.165, 1.54) is 0 Å². The number of phenolic OH excluding ortho intramolecular Hbond substituents is 1. The fraction of sp³-hybridized carbons (Fsp3) is 0.429. The maximum atomic E-state index is 10.2. The van der Waals surface area contributed by atoms with Gasteiger partial charge in [0.1, 0.15) is 12.2 Å². The highest BCUT2D eigenvalue weighted by atomic mass is 16.5. The molecule has 0 spiro atoms. The van der Waals surface area contributed by atoms with E-state index in [4.69, 9.17) is 4.74 Å². The Labute approximate surface area is 117 Å². The van der Waals surface area contributed by atoms with E-state index in [1.807, 2.05) is 19.1 Å². The summed E-state index contributed by atoms with van der Waals surface area (Å²) in [5.41, 5.74) is 0.879. The molecule has 0 unspecified atom stereocenters. The zero-order chi connectivity index (χ0) is 13.9. The van der Waals surface area contributed by atoms with E-state index < -0.39 is 0 Å². The summed E-state index contributed by atoms with van der Waals surface area (Å²) in [5, 5.41) is 18.2. The molecule has 1 aromatic heterocycles. The molecule has 0 radical (unpaired) electrons. The molecule has 0 aliphatic carbocycles. The summed E-state index contributed by atoms with van der Waals surface area (Å²) in [5.74, 6) is 1.75. The minimum absolute atomic E-state index is 0.237. The van der Waals surface area contributed by atoms with E-state index in [0.29, 0.717) is 18.9 Å². The maximum absolute atomic E-state index is 10.2. The van der Waals surface area contributed by atoms with Crippen LogP contribution in [0.2, 0.25) is 0 Å². The van der Waals surface area contributed by atoms with Gasteiger partial charge in [-0.25, -0.2) is 0 Å².